The molecule has 0 aliphatic heterocycles. The molecule has 0 saturated heterocycles. The molecule has 1 aromatic heterocycles. The molecule has 1 aromatic carbocycles. The third-order valence-electron chi connectivity index (χ3n) is 2.45. The topological polar surface area (TPSA) is 32.9 Å². The molecule has 0 amide bonds. The van der Waals surface area contributed by atoms with Crippen LogP contribution in [0.5, 0.6) is 0 Å². The van der Waals surface area contributed by atoms with Gasteiger partial charge in [-0.3, -0.25) is 4.79 Å². The number of H-pyrrole nitrogens is 1. The van der Waals surface area contributed by atoms with E-state index in [1.807, 2.05) is 19.9 Å². The van der Waals surface area contributed by atoms with E-state index >= 15 is 0 Å². The molecule has 0 bridgehead atoms. The molecule has 0 saturated carbocycles. The van der Waals surface area contributed by atoms with Crippen molar-refractivity contribution >= 4 is 0 Å². The quantitative estimate of drug-likeness (QED) is 0.752. The fraction of sp³-hybridized carbons (Fsp3) is 0.154. The van der Waals surface area contributed by atoms with Gasteiger partial charge in [-0.05, 0) is 31.5 Å². The average Bonchev–Trinajstić information content (AvgIpc) is 2.22. The molecule has 1 N–H and O–H groups in total. The molecule has 2 aromatic rings. The fourth-order valence-corrected chi connectivity index (χ4v) is 1.63. The number of hydrogen-bond donors (Lipinski definition) is 1. The van der Waals surface area contributed by atoms with Crippen LogP contribution in [0.4, 0.5) is 0 Å². The molecule has 76 valence electrons. The molecule has 1 heterocycles. The highest BCUT2D eigenvalue weighted by atomic mass is 16.1. The Morgan fingerprint density at radius 1 is 1.07 bits per heavy atom. The maximum atomic E-state index is 11.2. The monoisotopic (exact) mass is 199 g/mol. The van der Waals surface area contributed by atoms with Gasteiger partial charge in [0, 0.05) is 17.3 Å². The van der Waals surface area contributed by atoms with Crippen LogP contribution in [0.3, 0.4) is 0 Å². The van der Waals surface area contributed by atoms with Gasteiger partial charge >= 0.3 is 0 Å². The lowest BCUT2D eigenvalue weighted by Gasteiger charge is -2.06. The van der Waals surface area contributed by atoms with Crippen LogP contribution in [0.15, 0.2) is 41.2 Å². The van der Waals surface area contributed by atoms with Crippen molar-refractivity contribution in [1.29, 1.82) is 0 Å². The lowest BCUT2D eigenvalue weighted by Crippen LogP contribution is -2.04. The van der Waals surface area contributed by atoms with Crippen LogP contribution in [0.25, 0.3) is 11.3 Å². The molecule has 2 nitrogen and oxygen atoms in total. The standard InChI is InChI=1S/C13H13NO/c1-9-6-7-10(2)11(8-9)12-4-3-5-13(15)14-12/h3-8H,1-2H3,(H,14,15). The van der Waals surface area contributed by atoms with Crippen LogP contribution in [0.2, 0.25) is 0 Å². The van der Waals surface area contributed by atoms with Crippen LogP contribution in [0, 0.1) is 13.8 Å². The van der Waals surface area contributed by atoms with Crippen molar-refractivity contribution in [2.45, 2.75) is 13.8 Å². The van der Waals surface area contributed by atoms with Gasteiger partial charge in [-0.25, -0.2) is 0 Å². The highest BCUT2D eigenvalue weighted by Gasteiger charge is 2.02. The van der Waals surface area contributed by atoms with E-state index in [9.17, 15) is 4.79 Å². The van der Waals surface area contributed by atoms with Gasteiger partial charge in [0.05, 0.1) is 0 Å². The lowest BCUT2D eigenvalue weighted by atomic mass is 10.0. The Balaban J connectivity index is 2.63. The van der Waals surface area contributed by atoms with E-state index in [-0.39, 0.29) is 5.56 Å². The number of hydrogen-bond acceptors (Lipinski definition) is 1. The van der Waals surface area contributed by atoms with Crippen molar-refractivity contribution in [2.75, 3.05) is 0 Å². The molecule has 0 fully saturated rings. The Morgan fingerprint density at radius 2 is 1.87 bits per heavy atom. The molecule has 0 unspecified atom stereocenters. The normalized spacial score (nSPS) is 10.3. The van der Waals surface area contributed by atoms with Crippen LogP contribution in [-0.4, -0.2) is 4.98 Å². The molecular weight excluding hydrogens is 186 g/mol. The van der Waals surface area contributed by atoms with E-state index in [0.29, 0.717) is 0 Å². The summed E-state index contributed by atoms with van der Waals surface area (Å²) in [5.41, 5.74) is 4.27. The first kappa shape index (κ1) is 9.71. The van der Waals surface area contributed by atoms with Crippen LogP contribution < -0.4 is 5.56 Å². The minimum atomic E-state index is -0.0617. The molecule has 0 atom stereocenters. The van der Waals surface area contributed by atoms with Crippen molar-refractivity contribution in [1.82, 2.24) is 4.98 Å². The van der Waals surface area contributed by atoms with Gasteiger partial charge < -0.3 is 4.98 Å². The fourth-order valence-electron chi connectivity index (χ4n) is 1.63. The van der Waals surface area contributed by atoms with Crippen LogP contribution in [0.1, 0.15) is 11.1 Å². The predicted octanol–water partition coefficient (Wildman–Crippen LogP) is 2.66. The van der Waals surface area contributed by atoms with E-state index in [1.54, 1.807) is 6.07 Å². The number of pyridine rings is 1. The molecule has 15 heavy (non-hydrogen) atoms. The van der Waals surface area contributed by atoms with Crippen molar-refractivity contribution < 1.29 is 0 Å². The first-order chi connectivity index (χ1) is 7.16. The smallest absolute Gasteiger partial charge is 0.248 e. The van der Waals surface area contributed by atoms with Gasteiger partial charge in [0.2, 0.25) is 5.56 Å². The molecule has 0 spiro atoms. The number of nitrogens with one attached hydrogen (secondary N) is 1. The SMILES string of the molecule is Cc1ccc(C)c(-c2cccc(=O)[nH]2)c1. The maximum Gasteiger partial charge on any atom is 0.248 e. The summed E-state index contributed by atoms with van der Waals surface area (Å²) in [5.74, 6) is 0. The Morgan fingerprint density at radius 3 is 2.60 bits per heavy atom. The predicted molar refractivity (Wildman–Crippen MR) is 62.0 cm³/mol. The zero-order chi connectivity index (χ0) is 10.8. The zero-order valence-corrected chi connectivity index (χ0v) is 8.87. The van der Waals surface area contributed by atoms with Gasteiger partial charge in [-0.15, -0.1) is 0 Å². The summed E-state index contributed by atoms with van der Waals surface area (Å²) in [7, 11) is 0. The van der Waals surface area contributed by atoms with Gasteiger partial charge in [0.1, 0.15) is 0 Å². The largest absolute Gasteiger partial charge is 0.322 e. The molecule has 0 aliphatic rings. The Kier molecular flexibility index (Phi) is 2.42. The summed E-state index contributed by atoms with van der Waals surface area (Å²) in [5, 5.41) is 0. The number of benzene rings is 1. The first-order valence-corrected chi connectivity index (χ1v) is 4.94. The third kappa shape index (κ3) is 1.99. The van der Waals surface area contributed by atoms with Crippen molar-refractivity contribution in [2.24, 2.45) is 0 Å². The molecular formula is C13H13NO. The second-order valence-electron chi connectivity index (χ2n) is 3.75. The highest BCUT2D eigenvalue weighted by Crippen LogP contribution is 2.21. The average molecular weight is 199 g/mol. The summed E-state index contributed by atoms with van der Waals surface area (Å²) < 4.78 is 0. The second-order valence-corrected chi connectivity index (χ2v) is 3.75. The summed E-state index contributed by atoms with van der Waals surface area (Å²) >= 11 is 0. The molecule has 2 rings (SSSR count). The van der Waals surface area contributed by atoms with Crippen molar-refractivity contribution in [3.63, 3.8) is 0 Å². The van der Waals surface area contributed by atoms with E-state index in [0.717, 1.165) is 11.3 Å². The van der Waals surface area contributed by atoms with Gasteiger partial charge in [0.15, 0.2) is 0 Å². The van der Waals surface area contributed by atoms with Crippen LogP contribution in [-0.2, 0) is 0 Å². The Hall–Kier alpha value is -1.83. The summed E-state index contributed by atoms with van der Waals surface area (Å²) in [6.07, 6.45) is 0. The molecule has 0 radical (unpaired) electrons. The second kappa shape index (κ2) is 3.73. The van der Waals surface area contributed by atoms with Crippen molar-refractivity contribution in [3.8, 4) is 11.3 Å². The number of aryl methyl sites for hydroxylation is 2. The summed E-state index contributed by atoms with van der Waals surface area (Å²) in [6, 6.07) is 11.4. The van der Waals surface area contributed by atoms with E-state index < -0.39 is 0 Å². The van der Waals surface area contributed by atoms with Crippen LogP contribution >= 0.6 is 0 Å². The van der Waals surface area contributed by atoms with E-state index in [1.165, 1.54) is 17.2 Å². The number of aromatic amines is 1. The molecule has 0 aliphatic carbocycles. The van der Waals surface area contributed by atoms with E-state index in [4.69, 9.17) is 0 Å². The maximum absolute atomic E-state index is 11.2. The third-order valence-corrected chi connectivity index (χ3v) is 2.45. The first-order valence-electron chi connectivity index (χ1n) is 4.94. The number of rotatable bonds is 1. The van der Waals surface area contributed by atoms with Gasteiger partial charge in [-0.2, -0.15) is 0 Å². The Labute approximate surface area is 88.6 Å². The van der Waals surface area contributed by atoms with E-state index in [2.05, 4.69) is 23.2 Å². The lowest BCUT2D eigenvalue weighted by molar-refractivity contribution is 1.23. The van der Waals surface area contributed by atoms with Gasteiger partial charge in [0.25, 0.3) is 0 Å². The number of aromatic nitrogens is 1. The summed E-state index contributed by atoms with van der Waals surface area (Å²) in [4.78, 5) is 14.0. The Bertz CT molecular complexity index is 540. The minimum absolute atomic E-state index is 0.0617. The zero-order valence-electron chi connectivity index (χ0n) is 8.87. The van der Waals surface area contributed by atoms with Crippen molar-refractivity contribution in [3.05, 3.63) is 57.9 Å². The highest BCUT2D eigenvalue weighted by molar-refractivity contribution is 5.63. The van der Waals surface area contributed by atoms with Gasteiger partial charge in [-0.1, -0.05) is 23.8 Å². The summed E-state index contributed by atoms with van der Waals surface area (Å²) in [6.45, 7) is 4.09. The molecule has 2 heteroatoms. The minimum Gasteiger partial charge on any atom is -0.322 e.